The summed E-state index contributed by atoms with van der Waals surface area (Å²) in [6, 6.07) is 4.53. The van der Waals surface area contributed by atoms with Crippen LogP contribution in [0, 0.1) is 0 Å². The smallest absolute Gasteiger partial charge is 0.241 e. The van der Waals surface area contributed by atoms with Crippen molar-refractivity contribution in [3.05, 3.63) is 18.2 Å². The fourth-order valence-electron chi connectivity index (χ4n) is 1.98. The molecular formula is C12H18N2O4S. The maximum Gasteiger partial charge on any atom is 0.241 e. The Morgan fingerprint density at radius 2 is 1.84 bits per heavy atom. The second-order valence-corrected chi connectivity index (χ2v) is 6.07. The Bertz CT molecular complexity index is 516. The first kappa shape index (κ1) is 14.1. The Morgan fingerprint density at radius 3 is 2.32 bits per heavy atom. The summed E-state index contributed by atoms with van der Waals surface area (Å²) in [4.78, 5) is 0.149. The van der Waals surface area contributed by atoms with Crippen molar-refractivity contribution >= 4 is 10.0 Å². The van der Waals surface area contributed by atoms with Crippen LogP contribution in [0.1, 0.15) is 6.42 Å². The van der Waals surface area contributed by atoms with E-state index in [0.29, 0.717) is 18.0 Å². The molecule has 1 aliphatic heterocycles. The molecule has 1 unspecified atom stereocenters. The van der Waals surface area contributed by atoms with Gasteiger partial charge in [-0.05, 0) is 13.0 Å². The highest BCUT2D eigenvalue weighted by molar-refractivity contribution is 7.89. The van der Waals surface area contributed by atoms with Crippen molar-refractivity contribution in [1.82, 2.24) is 10.0 Å². The summed E-state index contributed by atoms with van der Waals surface area (Å²) in [7, 11) is -0.588. The molecule has 0 radical (unpaired) electrons. The third-order valence-corrected chi connectivity index (χ3v) is 4.52. The Kier molecular flexibility index (Phi) is 4.28. The van der Waals surface area contributed by atoms with E-state index in [-0.39, 0.29) is 10.9 Å². The minimum atomic E-state index is -3.56. The van der Waals surface area contributed by atoms with Gasteiger partial charge in [-0.3, -0.25) is 0 Å². The summed E-state index contributed by atoms with van der Waals surface area (Å²) in [5.41, 5.74) is 0. The highest BCUT2D eigenvalue weighted by Gasteiger charge is 2.23. The number of nitrogens with one attached hydrogen (secondary N) is 2. The lowest BCUT2D eigenvalue weighted by atomic mass is 10.3. The molecule has 7 heteroatoms. The molecule has 1 heterocycles. The van der Waals surface area contributed by atoms with Crippen LogP contribution in [0.2, 0.25) is 0 Å². The third kappa shape index (κ3) is 3.37. The van der Waals surface area contributed by atoms with E-state index in [4.69, 9.17) is 9.47 Å². The van der Waals surface area contributed by atoms with E-state index < -0.39 is 10.0 Å². The van der Waals surface area contributed by atoms with Crippen molar-refractivity contribution in [2.75, 3.05) is 27.3 Å². The van der Waals surface area contributed by atoms with E-state index in [1.807, 2.05) is 0 Å². The molecule has 19 heavy (non-hydrogen) atoms. The largest absolute Gasteiger partial charge is 0.497 e. The lowest BCUT2D eigenvalue weighted by Gasteiger charge is -2.13. The fraction of sp³-hybridized carbons (Fsp3) is 0.500. The van der Waals surface area contributed by atoms with Crippen LogP contribution in [0.5, 0.6) is 11.5 Å². The van der Waals surface area contributed by atoms with Gasteiger partial charge in [0.25, 0.3) is 0 Å². The second kappa shape index (κ2) is 5.77. The molecule has 0 aromatic heterocycles. The molecule has 2 rings (SSSR count). The first-order valence-corrected chi connectivity index (χ1v) is 7.49. The number of methoxy groups -OCH3 is 2. The topological polar surface area (TPSA) is 76.7 Å². The van der Waals surface area contributed by atoms with Gasteiger partial charge in [0.1, 0.15) is 11.5 Å². The summed E-state index contributed by atoms with van der Waals surface area (Å²) in [6.07, 6.45) is 0.792. The zero-order valence-corrected chi connectivity index (χ0v) is 11.8. The fourth-order valence-corrected chi connectivity index (χ4v) is 3.30. The van der Waals surface area contributed by atoms with Gasteiger partial charge in [-0.1, -0.05) is 0 Å². The SMILES string of the molecule is COc1cc(OC)cc(S(=O)(=O)NC2CCNC2)c1. The number of sulfonamides is 1. The second-order valence-electron chi connectivity index (χ2n) is 4.36. The number of rotatable bonds is 5. The molecule has 0 amide bonds. The van der Waals surface area contributed by atoms with Crippen molar-refractivity contribution in [1.29, 1.82) is 0 Å². The molecule has 0 bridgehead atoms. The van der Waals surface area contributed by atoms with Gasteiger partial charge in [-0.15, -0.1) is 0 Å². The molecule has 1 aromatic carbocycles. The molecule has 1 aromatic rings. The highest BCUT2D eigenvalue weighted by atomic mass is 32.2. The minimum absolute atomic E-state index is 0.0674. The van der Waals surface area contributed by atoms with E-state index in [2.05, 4.69) is 10.0 Å². The number of ether oxygens (including phenoxy) is 2. The Balaban J connectivity index is 2.27. The molecule has 1 saturated heterocycles. The lowest BCUT2D eigenvalue weighted by molar-refractivity contribution is 0.392. The van der Waals surface area contributed by atoms with Gasteiger partial charge in [-0.25, -0.2) is 13.1 Å². The first-order chi connectivity index (χ1) is 9.05. The monoisotopic (exact) mass is 286 g/mol. The molecule has 106 valence electrons. The van der Waals surface area contributed by atoms with Gasteiger partial charge in [-0.2, -0.15) is 0 Å². The van der Waals surface area contributed by atoms with Gasteiger partial charge in [0.2, 0.25) is 10.0 Å². The molecule has 2 N–H and O–H groups in total. The predicted octanol–water partition coefficient (Wildman–Crippen LogP) is 0.344. The Morgan fingerprint density at radius 1 is 1.21 bits per heavy atom. The molecule has 1 aliphatic rings. The maximum atomic E-state index is 12.3. The van der Waals surface area contributed by atoms with E-state index in [1.54, 1.807) is 6.07 Å². The molecule has 0 aliphatic carbocycles. The van der Waals surface area contributed by atoms with Gasteiger partial charge in [0.15, 0.2) is 0 Å². The quantitative estimate of drug-likeness (QED) is 0.816. The average molecular weight is 286 g/mol. The van der Waals surface area contributed by atoms with Crippen LogP contribution < -0.4 is 19.5 Å². The first-order valence-electron chi connectivity index (χ1n) is 6.01. The van der Waals surface area contributed by atoms with Crippen LogP contribution in [0.4, 0.5) is 0 Å². The lowest BCUT2D eigenvalue weighted by Crippen LogP contribution is -2.36. The summed E-state index contributed by atoms with van der Waals surface area (Å²) in [6.45, 7) is 1.48. The zero-order valence-electron chi connectivity index (χ0n) is 11.0. The van der Waals surface area contributed by atoms with E-state index >= 15 is 0 Å². The Hall–Kier alpha value is -1.31. The Labute approximate surface area is 113 Å². The van der Waals surface area contributed by atoms with Crippen molar-refractivity contribution in [2.24, 2.45) is 0 Å². The van der Waals surface area contributed by atoms with Gasteiger partial charge in [0.05, 0.1) is 19.1 Å². The van der Waals surface area contributed by atoms with Crippen molar-refractivity contribution in [3.63, 3.8) is 0 Å². The molecule has 6 nitrogen and oxygen atoms in total. The van der Waals surface area contributed by atoms with Crippen LogP contribution in [0.15, 0.2) is 23.1 Å². The van der Waals surface area contributed by atoms with Crippen LogP contribution in [0.25, 0.3) is 0 Å². The van der Waals surface area contributed by atoms with Crippen LogP contribution in [0.3, 0.4) is 0 Å². The molecular weight excluding hydrogens is 268 g/mol. The number of hydrogen-bond acceptors (Lipinski definition) is 5. The average Bonchev–Trinajstić information content (AvgIpc) is 2.90. The van der Waals surface area contributed by atoms with Crippen LogP contribution >= 0.6 is 0 Å². The molecule has 1 atom stereocenters. The summed E-state index contributed by atoms with van der Waals surface area (Å²) in [5, 5.41) is 3.12. The summed E-state index contributed by atoms with van der Waals surface area (Å²) >= 11 is 0. The highest BCUT2D eigenvalue weighted by Crippen LogP contribution is 2.25. The van der Waals surface area contributed by atoms with E-state index in [1.165, 1.54) is 26.4 Å². The molecule has 0 saturated carbocycles. The van der Waals surface area contributed by atoms with Gasteiger partial charge in [0, 0.05) is 30.8 Å². The standard InChI is InChI=1S/C12H18N2O4S/c1-17-10-5-11(18-2)7-12(6-10)19(15,16)14-9-3-4-13-8-9/h5-7,9,13-14H,3-4,8H2,1-2H3. The molecule has 0 spiro atoms. The van der Waals surface area contributed by atoms with E-state index in [9.17, 15) is 8.42 Å². The summed E-state index contributed by atoms with van der Waals surface area (Å²) < 4.78 is 37.4. The van der Waals surface area contributed by atoms with Crippen molar-refractivity contribution < 1.29 is 17.9 Å². The normalized spacial score (nSPS) is 19.4. The number of hydrogen-bond donors (Lipinski definition) is 2. The molecule has 1 fully saturated rings. The third-order valence-electron chi connectivity index (χ3n) is 3.02. The maximum absolute atomic E-state index is 12.3. The van der Waals surface area contributed by atoms with Crippen molar-refractivity contribution in [3.8, 4) is 11.5 Å². The number of benzene rings is 1. The van der Waals surface area contributed by atoms with E-state index in [0.717, 1.165) is 13.0 Å². The summed E-state index contributed by atoms with van der Waals surface area (Å²) in [5.74, 6) is 0.897. The van der Waals surface area contributed by atoms with Gasteiger partial charge < -0.3 is 14.8 Å². The zero-order chi connectivity index (χ0) is 13.9. The van der Waals surface area contributed by atoms with Crippen LogP contribution in [-0.2, 0) is 10.0 Å². The predicted molar refractivity (Wildman–Crippen MR) is 71.1 cm³/mol. The van der Waals surface area contributed by atoms with Crippen LogP contribution in [-0.4, -0.2) is 41.8 Å². The van der Waals surface area contributed by atoms with Crippen molar-refractivity contribution in [2.45, 2.75) is 17.4 Å². The van der Waals surface area contributed by atoms with Gasteiger partial charge >= 0.3 is 0 Å². The minimum Gasteiger partial charge on any atom is -0.497 e.